The Morgan fingerprint density at radius 1 is 1.16 bits per heavy atom. The molecule has 4 rings (SSSR count). The molecule has 4 nitrogen and oxygen atoms in total. The van der Waals surface area contributed by atoms with Gasteiger partial charge in [-0.25, -0.2) is 4.98 Å². The minimum atomic E-state index is -4.71. The Balaban J connectivity index is 1.72. The molecule has 32 heavy (non-hydrogen) atoms. The van der Waals surface area contributed by atoms with Crippen LogP contribution in [0.2, 0.25) is 0 Å². The van der Waals surface area contributed by atoms with Gasteiger partial charge in [0.2, 0.25) is 0 Å². The molecule has 0 aliphatic heterocycles. The van der Waals surface area contributed by atoms with Crippen molar-refractivity contribution < 1.29 is 17.9 Å². The maximum absolute atomic E-state index is 12.5. The first-order valence-electron chi connectivity index (χ1n) is 10.8. The quantitative estimate of drug-likeness (QED) is 0.448. The summed E-state index contributed by atoms with van der Waals surface area (Å²) in [6.45, 7) is 6.86. The highest BCUT2D eigenvalue weighted by Gasteiger charge is 2.34. The van der Waals surface area contributed by atoms with E-state index in [0.717, 1.165) is 35.3 Å². The lowest BCUT2D eigenvalue weighted by Gasteiger charge is -2.40. The third-order valence-electron chi connectivity index (χ3n) is 6.14. The second-order valence-corrected chi connectivity index (χ2v) is 9.65. The summed E-state index contributed by atoms with van der Waals surface area (Å²) in [6.07, 6.45) is -0.994. The summed E-state index contributed by atoms with van der Waals surface area (Å²) in [4.78, 5) is 4.85. The van der Waals surface area contributed by atoms with Crippen LogP contribution in [-0.4, -0.2) is 15.9 Å². The lowest BCUT2D eigenvalue weighted by Crippen LogP contribution is -2.30. The first-order chi connectivity index (χ1) is 15.0. The monoisotopic (exact) mass is 441 g/mol. The molecule has 7 heteroatoms. The fourth-order valence-corrected chi connectivity index (χ4v) is 5.23. The van der Waals surface area contributed by atoms with E-state index < -0.39 is 6.36 Å². The van der Waals surface area contributed by atoms with Gasteiger partial charge in [0.25, 0.3) is 0 Å². The highest BCUT2D eigenvalue weighted by Crippen LogP contribution is 2.45. The van der Waals surface area contributed by atoms with E-state index in [1.165, 1.54) is 18.6 Å². The van der Waals surface area contributed by atoms with E-state index in [1.54, 1.807) is 18.2 Å². The van der Waals surface area contributed by atoms with Gasteiger partial charge in [-0.3, -0.25) is 0 Å². The summed E-state index contributed by atoms with van der Waals surface area (Å²) < 4.78 is 43.7. The van der Waals surface area contributed by atoms with Crippen LogP contribution in [0.15, 0.2) is 42.5 Å². The van der Waals surface area contributed by atoms with Crippen molar-refractivity contribution in [2.24, 2.45) is 11.3 Å². The summed E-state index contributed by atoms with van der Waals surface area (Å²) in [5.74, 6) is 1.19. The second-order valence-electron chi connectivity index (χ2n) is 9.65. The van der Waals surface area contributed by atoms with Crippen LogP contribution in [0.3, 0.4) is 0 Å². The van der Waals surface area contributed by atoms with Gasteiger partial charge in [-0.1, -0.05) is 32.9 Å². The number of ether oxygens (including phenoxy) is 1. The van der Waals surface area contributed by atoms with Crippen LogP contribution in [0.1, 0.15) is 63.0 Å². The van der Waals surface area contributed by atoms with Crippen molar-refractivity contribution in [1.29, 1.82) is 5.26 Å². The van der Waals surface area contributed by atoms with Crippen molar-refractivity contribution in [3.05, 3.63) is 59.4 Å². The first kappa shape index (κ1) is 22.2. The molecule has 1 aliphatic carbocycles. The number of hydrogen-bond donors (Lipinski definition) is 0. The minimum Gasteiger partial charge on any atom is -0.406 e. The number of alkyl halides is 3. The van der Waals surface area contributed by atoms with Gasteiger partial charge < -0.3 is 9.30 Å². The highest BCUT2D eigenvalue weighted by molar-refractivity contribution is 5.78. The number of imidazole rings is 1. The van der Waals surface area contributed by atoms with Crippen LogP contribution in [0.4, 0.5) is 13.2 Å². The number of nitrogens with zero attached hydrogens (tertiary/aromatic N) is 3. The molecule has 0 bridgehead atoms. The summed E-state index contributed by atoms with van der Waals surface area (Å²) in [6, 6.07) is 13.9. The van der Waals surface area contributed by atoms with E-state index in [-0.39, 0.29) is 17.2 Å². The average Bonchev–Trinajstić information content (AvgIpc) is 3.03. The van der Waals surface area contributed by atoms with Gasteiger partial charge in [0.1, 0.15) is 11.6 Å². The minimum absolute atomic E-state index is 0.208. The van der Waals surface area contributed by atoms with Crippen LogP contribution in [0, 0.1) is 22.7 Å². The highest BCUT2D eigenvalue weighted by atomic mass is 19.4. The van der Waals surface area contributed by atoms with E-state index in [1.807, 2.05) is 12.1 Å². The lowest BCUT2D eigenvalue weighted by atomic mass is 9.70. The Morgan fingerprint density at radius 3 is 2.50 bits per heavy atom. The molecule has 2 atom stereocenters. The smallest absolute Gasteiger partial charge is 0.406 e. The first-order valence-corrected chi connectivity index (χ1v) is 10.8. The van der Waals surface area contributed by atoms with Crippen molar-refractivity contribution in [1.82, 2.24) is 9.55 Å². The van der Waals surface area contributed by atoms with Crippen molar-refractivity contribution >= 4 is 11.0 Å². The number of benzene rings is 2. The second kappa shape index (κ2) is 8.16. The molecule has 1 aromatic heterocycles. The van der Waals surface area contributed by atoms with E-state index in [4.69, 9.17) is 4.98 Å². The lowest BCUT2D eigenvalue weighted by molar-refractivity contribution is -0.274. The Bertz CT molecular complexity index is 1160. The van der Waals surface area contributed by atoms with E-state index >= 15 is 0 Å². The summed E-state index contributed by atoms with van der Waals surface area (Å²) >= 11 is 0. The van der Waals surface area contributed by atoms with E-state index in [2.05, 4.69) is 36.1 Å². The molecule has 0 saturated heterocycles. The number of aromatic nitrogens is 2. The van der Waals surface area contributed by atoms with Crippen LogP contribution in [0.25, 0.3) is 11.0 Å². The summed E-state index contributed by atoms with van der Waals surface area (Å²) in [5.41, 5.74) is 3.37. The number of rotatable bonds is 4. The molecule has 0 N–H and O–H groups in total. The van der Waals surface area contributed by atoms with Crippen molar-refractivity contribution in [2.75, 3.05) is 0 Å². The normalized spacial score (nSPS) is 20.8. The van der Waals surface area contributed by atoms with Crippen LogP contribution in [0.5, 0.6) is 5.75 Å². The van der Waals surface area contributed by atoms with Crippen LogP contribution in [-0.2, 0) is 6.42 Å². The molecule has 2 unspecified atom stereocenters. The standard InChI is InChI=1S/C25H26F3N3O/c1-16-10-19(14-24(2,3)13-16)31-22-9-6-18(15-29)11-21(22)30-23(31)12-17-4-7-20(8-5-17)32-25(26,27)28/h4-9,11,16,19H,10,12-14H2,1-3H3. The molecule has 168 valence electrons. The van der Waals surface area contributed by atoms with Crippen molar-refractivity contribution in [3.8, 4) is 11.8 Å². The van der Waals surface area contributed by atoms with Crippen molar-refractivity contribution in [2.45, 2.75) is 58.9 Å². The fraction of sp³-hybridized carbons (Fsp3) is 0.440. The summed E-state index contributed by atoms with van der Waals surface area (Å²) in [5, 5.41) is 9.29. The topological polar surface area (TPSA) is 50.8 Å². The van der Waals surface area contributed by atoms with Gasteiger partial charge in [0.15, 0.2) is 0 Å². The largest absolute Gasteiger partial charge is 0.573 e. The molecule has 1 heterocycles. The van der Waals surface area contributed by atoms with E-state index in [0.29, 0.717) is 17.9 Å². The van der Waals surface area contributed by atoms with Crippen LogP contribution < -0.4 is 4.74 Å². The molecule has 1 saturated carbocycles. The summed E-state index contributed by atoms with van der Waals surface area (Å²) in [7, 11) is 0. The predicted molar refractivity (Wildman–Crippen MR) is 116 cm³/mol. The molecule has 0 radical (unpaired) electrons. The molecular formula is C25H26F3N3O. The predicted octanol–water partition coefficient (Wildman–Crippen LogP) is 6.78. The maximum Gasteiger partial charge on any atom is 0.573 e. The fourth-order valence-electron chi connectivity index (χ4n) is 5.23. The van der Waals surface area contributed by atoms with E-state index in [9.17, 15) is 18.4 Å². The number of fused-ring (bicyclic) bond motifs is 1. The molecule has 1 aliphatic rings. The van der Waals surface area contributed by atoms with Crippen LogP contribution >= 0.6 is 0 Å². The Hall–Kier alpha value is -3.01. The van der Waals surface area contributed by atoms with Gasteiger partial charge in [-0.2, -0.15) is 5.26 Å². The van der Waals surface area contributed by atoms with Crippen molar-refractivity contribution in [3.63, 3.8) is 0 Å². The van der Waals surface area contributed by atoms with Gasteiger partial charge in [-0.15, -0.1) is 13.2 Å². The molecule has 1 fully saturated rings. The Morgan fingerprint density at radius 2 is 1.88 bits per heavy atom. The van der Waals surface area contributed by atoms with Gasteiger partial charge in [0.05, 0.1) is 22.7 Å². The molecule has 0 spiro atoms. The third kappa shape index (κ3) is 4.90. The Kier molecular flexibility index (Phi) is 5.66. The number of hydrogen-bond acceptors (Lipinski definition) is 3. The third-order valence-corrected chi connectivity index (χ3v) is 6.14. The number of nitriles is 1. The molecule has 0 amide bonds. The zero-order valence-electron chi connectivity index (χ0n) is 18.4. The van der Waals surface area contributed by atoms with Gasteiger partial charge in [0, 0.05) is 12.5 Å². The molecule has 2 aromatic carbocycles. The zero-order valence-corrected chi connectivity index (χ0v) is 18.4. The van der Waals surface area contributed by atoms with Gasteiger partial charge >= 0.3 is 6.36 Å². The number of halogens is 3. The molecule has 3 aromatic rings. The molecular weight excluding hydrogens is 415 g/mol. The Labute approximate surface area is 185 Å². The average molecular weight is 441 g/mol. The maximum atomic E-state index is 12.5. The van der Waals surface area contributed by atoms with Gasteiger partial charge in [-0.05, 0) is 66.5 Å². The SMILES string of the molecule is CC1CC(n2c(Cc3ccc(OC(F)(F)F)cc3)nc3cc(C#N)ccc32)CC(C)(C)C1. The zero-order chi connectivity index (χ0) is 23.1.